The third-order valence-electron chi connectivity index (χ3n) is 3.07. The maximum absolute atomic E-state index is 5.65. The number of hydrogen-bond donors (Lipinski definition) is 0. The number of nitrogens with zero attached hydrogens (tertiary/aromatic N) is 1. The molecule has 2 atom stereocenters. The Morgan fingerprint density at radius 1 is 1.11 bits per heavy atom. The van der Waals surface area contributed by atoms with Crippen LogP contribution in [0.4, 0.5) is 0 Å². The standard InChI is InChI=1S/C16H19NOS/c1-13(19-12-14-8-10-17-11-9-14)16(18-2)15-6-4-3-5-7-15/h3-11,13,16H,12H2,1-2H3. The average molecular weight is 273 g/mol. The zero-order valence-electron chi connectivity index (χ0n) is 11.3. The van der Waals surface area contributed by atoms with Gasteiger partial charge in [0.2, 0.25) is 0 Å². The summed E-state index contributed by atoms with van der Waals surface area (Å²) in [5.41, 5.74) is 2.54. The molecule has 0 radical (unpaired) electrons. The average Bonchev–Trinajstić information content (AvgIpc) is 2.48. The molecule has 0 aliphatic heterocycles. The smallest absolute Gasteiger partial charge is 0.0937 e. The number of pyridine rings is 1. The van der Waals surface area contributed by atoms with Gasteiger partial charge in [0.15, 0.2) is 0 Å². The van der Waals surface area contributed by atoms with E-state index in [1.807, 2.05) is 30.2 Å². The molecule has 1 aromatic heterocycles. The van der Waals surface area contributed by atoms with Crippen LogP contribution in [0.1, 0.15) is 24.2 Å². The minimum Gasteiger partial charge on any atom is -0.376 e. The van der Waals surface area contributed by atoms with Gasteiger partial charge in [-0.05, 0) is 23.3 Å². The molecule has 100 valence electrons. The summed E-state index contributed by atoms with van der Waals surface area (Å²) in [6.07, 6.45) is 3.81. The number of thioether (sulfide) groups is 1. The van der Waals surface area contributed by atoms with Crippen LogP contribution in [0.25, 0.3) is 0 Å². The summed E-state index contributed by atoms with van der Waals surface area (Å²) in [6, 6.07) is 14.5. The summed E-state index contributed by atoms with van der Waals surface area (Å²) < 4.78 is 5.65. The molecule has 0 aliphatic carbocycles. The van der Waals surface area contributed by atoms with Crippen molar-refractivity contribution in [1.29, 1.82) is 0 Å². The summed E-state index contributed by atoms with van der Waals surface area (Å²) in [5, 5.41) is 0.403. The van der Waals surface area contributed by atoms with Gasteiger partial charge in [-0.2, -0.15) is 11.8 Å². The number of hydrogen-bond acceptors (Lipinski definition) is 3. The number of ether oxygens (including phenoxy) is 1. The fraction of sp³-hybridized carbons (Fsp3) is 0.312. The first kappa shape index (κ1) is 14.1. The second-order valence-corrected chi connectivity index (χ2v) is 5.80. The number of methoxy groups -OCH3 is 1. The lowest BCUT2D eigenvalue weighted by atomic mass is 10.1. The second-order valence-electron chi connectivity index (χ2n) is 4.44. The highest BCUT2D eigenvalue weighted by atomic mass is 32.2. The number of benzene rings is 1. The van der Waals surface area contributed by atoms with Crippen LogP contribution in [0.3, 0.4) is 0 Å². The molecule has 0 saturated heterocycles. The maximum Gasteiger partial charge on any atom is 0.0937 e. The number of aromatic nitrogens is 1. The van der Waals surface area contributed by atoms with Gasteiger partial charge in [0.05, 0.1) is 6.10 Å². The van der Waals surface area contributed by atoms with E-state index in [-0.39, 0.29) is 6.10 Å². The molecule has 0 fully saturated rings. The van der Waals surface area contributed by atoms with Gasteiger partial charge >= 0.3 is 0 Å². The predicted molar refractivity (Wildman–Crippen MR) is 81.2 cm³/mol. The molecular formula is C16H19NOS. The van der Waals surface area contributed by atoms with E-state index in [1.54, 1.807) is 7.11 Å². The first-order valence-electron chi connectivity index (χ1n) is 6.39. The van der Waals surface area contributed by atoms with Gasteiger partial charge in [0.25, 0.3) is 0 Å². The summed E-state index contributed by atoms with van der Waals surface area (Å²) in [4.78, 5) is 4.04. The second kappa shape index (κ2) is 7.31. The van der Waals surface area contributed by atoms with Crippen LogP contribution < -0.4 is 0 Å². The van der Waals surface area contributed by atoms with Crippen LogP contribution in [-0.2, 0) is 10.5 Å². The van der Waals surface area contributed by atoms with Crippen molar-refractivity contribution in [2.75, 3.05) is 7.11 Å². The topological polar surface area (TPSA) is 22.1 Å². The quantitative estimate of drug-likeness (QED) is 0.791. The highest BCUT2D eigenvalue weighted by molar-refractivity contribution is 7.99. The summed E-state index contributed by atoms with van der Waals surface area (Å²) in [6.45, 7) is 2.22. The van der Waals surface area contributed by atoms with E-state index in [4.69, 9.17) is 4.74 Å². The van der Waals surface area contributed by atoms with Crippen molar-refractivity contribution >= 4 is 11.8 Å². The first-order valence-corrected chi connectivity index (χ1v) is 7.44. The SMILES string of the molecule is COC(c1ccccc1)C(C)SCc1ccncc1. The van der Waals surface area contributed by atoms with E-state index < -0.39 is 0 Å². The van der Waals surface area contributed by atoms with Crippen molar-refractivity contribution in [3.8, 4) is 0 Å². The van der Waals surface area contributed by atoms with Gasteiger partial charge < -0.3 is 4.74 Å². The molecule has 0 spiro atoms. The van der Waals surface area contributed by atoms with Crippen LogP contribution in [0, 0.1) is 0 Å². The molecule has 2 rings (SSSR count). The largest absolute Gasteiger partial charge is 0.376 e. The molecule has 0 N–H and O–H groups in total. The first-order chi connectivity index (χ1) is 9.31. The molecule has 0 amide bonds. The van der Waals surface area contributed by atoms with E-state index in [2.05, 4.69) is 48.3 Å². The van der Waals surface area contributed by atoms with E-state index in [0.29, 0.717) is 5.25 Å². The van der Waals surface area contributed by atoms with Crippen LogP contribution in [0.2, 0.25) is 0 Å². The van der Waals surface area contributed by atoms with E-state index in [1.165, 1.54) is 11.1 Å². The van der Waals surface area contributed by atoms with Crippen LogP contribution in [0.15, 0.2) is 54.9 Å². The van der Waals surface area contributed by atoms with Gasteiger partial charge in [-0.1, -0.05) is 37.3 Å². The van der Waals surface area contributed by atoms with E-state index >= 15 is 0 Å². The van der Waals surface area contributed by atoms with Crippen molar-refractivity contribution < 1.29 is 4.74 Å². The molecule has 2 unspecified atom stereocenters. The van der Waals surface area contributed by atoms with Gasteiger partial charge in [-0.3, -0.25) is 4.98 Å². The highest BCUT2D eigenvalue weighted by Gasteiger charge is 2.18. The fourth-order valence-corrected chi connectivity index (χ4v) is 3.13. The molecule has 19 heavy (non-hydrogen) atoms. The van der Waals surface area contributed by atoms with Gasteiger partial charge in [-0.15, -0.1) is 0 Å². The molecule has 3 heteroatoms. The zero-order chi connectivity index (χ0) is 13.5. The molecule has 0 bridgehead atoms. The Balaban J connectivity index is 1.96. The Morgan fingerprint density at radius 2 is 1.79 bits per heavy atom. The Bertz CT molecular complexity index is 475. The monoisotopic (exact) mass is 273 g/mol. The fourth-order valence-electron chi connectivity index (χ4n) is 2.04. The lowest BCUT2D eigenvalue weighted by Gasteiger charge is -2.22. The molecular weight excluding hydrogens is 254 g/mol. The summed E-state index contributed by atoms with van der Waals surface area (Å²) >= 11 is 1.90. The minimum absolute atomic E-state index is 0.132. The van der Waals surface area contributed by atoms with Crippen LogP contribution in [-0.4, -0.2) is 17.3 Å². The van der Waals surface area contributed by atoms with Crippen LogP contribution >= 0.6 is 11.8 Å². The summed E-state index contributed by atoms with van der Waals surface area (Å²) in [5.74, 6) is 0.983. The predicted octanol–water partition coefficient (Wildman–Crippen LogP) is 4.09. The lowest BCUT2D eigenvalue weighted by Crippen LogP contribution is -2.14. The van der Waals surface area contributed by atoms with Crippen molar-refractivity contribution in [2.45, 2.75) is 24.0 Å². The lowest BCUT2D eigenvalue weighted by molar-refractivity contribution is 0.105. The van der Waals surface area contributed by atoms with Crippen molar-refractivity contribution in [3.63, 3.8) is 0 Å². The third kappa shape index (κ3) is 4.08. The third-order valence-corrected chi connectivity index (χ3v) is 4.34. The Hall–Kier alpha value is -1.32. The van der Waals surface area contributed by atoms with Gasteiger partial charge in [0, 0.05) is 30.5 Å². The van der Waals surface area contributed by atoms with Crippen molar-refractivity contribution in [3.05, 3.63) is 66.0 Å². The van der Waals surface area contributed by atoms with Gasteiger partial charge in [0.1, 0.15) is 0 Å². The Kier molecular flexibility index (Phi) is 5.43. The zero-order valence-corrected chi connectivity index (χ0v) is 12.1. The molecule has 0 saturated carbocycles. The van der Waals surface area contributed by atoms with E-state index in [9.17, 15) is 0 Å². The maximum atomic E-state index is 5.65. The molecule has 2 nitrogen and oxygen atoms in total. The molecule has 1 aromatic carbocycles. The normalized spacial score (nSPS) is 14.0. The highest BCUT2D eigenvalue weighted by Crippen LogP contribution is 2.30. The molecule has 2 aromatic rings. The minimum atomic E-state index is 0.132. The molecule has 0 aliphatic rings. The van der Waals surface area contributed by atoms with E-state index in [0.717, 1.165) is 5.75 Å². The van der Waals surface area contributed by atoms with Crippen molar-refractivity contribution in [2.24, 2.45) is 0 Å². The number of rotatable bonds is 6. The van der Waals surface area contributed by atoms with Crippen LogP contribution in [0.5, 0.6) is 0 Å². The summed E-state index contributed by atoms with van der Waals surface area (Å²) in [7, 11) is 1.78. The van der Waals surface area contributed by atoms with Gasteiger partial charge in [-0.25, -0.2) is 0 Å². The molecule has 1 heterocycles. The van der Waals surface area contributed by atoms with Crippen molar-refractivity contribution in [1.82, 2.24) is 4.98 Å². The Labute approximate surface area is 119 Å². The Morgan fingerprint density at radius 3 is 2.42 bits per heavy atom.